The first-order chi connectivity index (χ1) is 10.3. The zero-order valence-corrected chi connectivity index (χ0v) is 12.8. The van der Waals surface area contributed by atoms with Crippen LogP contribution in [0.5, 0.6) is 0 Å². The Labute approximate surface area is 127 Å². The van der Waals surface area contributed by atoms with Crippen LogP contribution in [-0.4, -0.2) is 25.0 Å². The normalized spacial score (nSPS) is 15.5. The maximum absolute atomic E-state index is 3.19. The molecule has 0 bridgehead atoms. The lowest BCUT2D eigenvalue weighted by molar-refractivity contribution is 0.279. The summed E-state index contributed by atoms with van der Waals surface area (Å²) in [6.07, 6.45) is 2.35. The molecular weight excluding hydrogens is 256 g/mol. The zero-order valence-electron chi connectivity index (χ0n) is 12.8. The Morgan fingerprint density at radius 1 is 0.857 bits per heavy atom. The van der Waals surface area contributed by atoms with Crippen molar-refractivity contribution >= 4 is 0 Å². The van der Waals surface area contributed by atoms with Gasteiger partial charge in [0.05, 0.1) is 0 Å². The maximum atomic E-state index is 3.19. The average molecular weight is 280 g/mol. The molecule has 21 heavy (non-hydrogen) atoms. The van der Waals surface area contributed by atoms with Crippen molar-refractivity contribution in [1.29, 1.82) is 0 Å². The van der Waals surface area contributed by atoms with Gasteiger partial charge in [0.1, 0.15) is 0 Å². The second kappa shape index (κ2) is 6.88. The minimum Gasteiger partial charge on any atom is -0.316 e. The Balaban J connectivity index is 1.61. The summed E-state index contributed by atoms with van der Waals surface area (Å²) in [5, 5.41) is 3.19. The van der Waals surface area contributed by atoms with Gasteiger partial charge in [0.15, 0.2) is 0 Å². The first kappa shape index (κ1) is 14.3. The fraction of sp³-hybridized carbons (Fsp3) is 0.368. The number of hydrogen-bond donors (Lipinski definition) is 1. The highest BCUT2D eigenvalue weighted by Gasteiger charge is 2.13. The lowest BCUT2D eigenvalue weighted by Crippen LogP contribution is -2.25. The van der Waals surface area contributed by atoms with Crippen LogP contribution in [0.25, 0.3) is 0 Å². The van der Waals surface area contributed by atoms with Crippen molar-refractivity contribution in [2.24, 2.45) is 0 Å². The van der Waals surface area contributed by atoms with Crippen molar-refractivity contribution in [3.63, 3.8) is 0 Å². The molecule has 0 amide bonds. The number of nitrogens with zero attached hydrogens (tertiary/aromatic N) is 1. The second-order valence-corrected chi connectivity index (χ2v) is 5.89. The molecule has 1 heterocycles. The smallest absolute Gasteiger partial charge is 0.0233 e. The predicted octanol–water partition coefficient (Wildman–Crippen LogP) is 3.01. The Kier molecular flexibility index (Phi) is 4.69. The molecule has 0 atom stereocenters. The number of benzene rings is 2. The van der Waals surface area contributed by atoms with E-state index in [4.69, 9.17) is 0 Å². The molecular formula is C19H24N2. The fourth-order valence-electron chi connectivity index (χ4n) is 3.10. The van der Waals surface area contributed by atoms with E-state index in [0.29, 0.717) is 0 Å². The summed E-state index contributed by atoms with van der Waals surface area (Å²) >= 11 is 0. The molecule has 0 fully saturated rings. The minimum atomic E-state index is 0.944. The topological polar surface area (TPSA) is 15.3 Å². The van der Waals surface area contributed by atoms with Gasteiger partial charge in [0, 0.05) is 26.2 Å². The number of hydrogen-bond acceptors (Lipinski definition) is 2. The van der Waals surface area contributed by atoms with Crippen LogP contribution in [0, 0.1) is 0 Å². The van der Waals surface area contributed by atoms with E-state index in [1.54, 1.807) is 0 Å². The molecule has 2 aromatic rings. The monoisotopic (exact) mass is 280 g/mol. The SMILES string of the molecule is CNCc1ccc(CN2CCc3ccccc3CC2)cc1. The van der Waals surface area contributed by atoms with Crippen LogP contribution < -0.4 is 5.32 Å². The van der Waals surface area contributed by atoms with E-state index in [-0.39, 0.29) is 0 Å². The van der Waals surface area contributed by atoms with Crippen LogP contribution in [-0.2, 0) is 25.9 Å². The molecule has 0 aromatic heterocycles. The number of fused-ring (bicyclic) bond motifs is 1. The van der Waals surface area contributed by atoms with Gasteiger partial charge in [-0.2, -0.15) is 0 Å². The first-order valence-electron chi connectivity index (χ1n) is 7.87. The van der Waals surface area contributed by atoms with Gasteiger partial charge < -0.3 is 5.32 Å². The van der Waals surface area contributed by atoms with Gasteiger partial charge in [-0.1, -0.05) is 48.5 Å². The lowest BCUT2D eigenvalue weighted by atomic mass is 10.0. The highest BCUT2D eigenvalue weighted by molar-refractivity contribution is 5.29. The van der Waals surface area contributed by atoms with Gasteiger partial charge in [-0.25, -0.2) is 0 Å². The summed E-state index contributed by atoms with van der Waals surface area (Å²) < 4.78 is 0. The Hall–Kier alpha value is -1.64. The Morgan fingerprint density at radius 2 is 1.43 bits per heavy atom. The molecule has 0 spiro atoms. The molecule has 1 aliphatic heterocycles. The largest absolute Gasteiger partial charge is 0.316 e. The van der Waals surface area contributed by atoms with Gasteiger partial charge in [-0.05, 0) is 42.1 Å². The Bertz CT molecular complexity index is 547. The molecule has 1 N–H and O–H groups in total. The fourth-order valence-corrected chi connectivity index (χ4v) is 3.10. The molecule has 0 radical (unpaired) electrons. The summed E-state index contributed by atoms with van der Waals surface area (Å²) in [6, 6.07) is 17.9. The van der Waals surface area contributed by atoms with Crippen molar-refractivity contribution < 1.29 is 0 Å². The summed E-state index contributed by atoms with van der Waals surface area (Å²) in [6.45, 7) is 4.33. The second-order valence-electron chi connectivity index (χ2n) is 5.89. The summed E-state index contributed by atoms with van der Waals surface area (Å²) in [5.41, 5.74) is 5.83. The number of nitrogens with one attached hydrogen (secondary N) is 1. The van der Waals surface area contributed by atoms with E-state index in [9.17, 15) is 0 Å². The van der Waals surface area contributed by atoms with Crippen molar-refractivity contribution in [1.82, 2.24) is 10.2 Å². The summed E-state index contributed by atoms with van der Waals surface area (Å²) in [7, 11) is 1.99. The third kappa shape index (κ3) is 3.72. The third-order valence-electron chi connectivity index (χ3n) is 4.32. The quantitative estimate of drug-likeness (QED) is 0.926. The van der Waals surface area contributed by atoms with Crippen molar-refractivity contribution in [2.75, 3.05) is 20.1 Å². The van der Waals surface area contributed by atoms with E-state index < -0.39 is 0 Å². The predicted molar refractivity (Wildman–Crippen MR) is 88.3 cm³/mol. The van der Waals surface area contributed by atoms with E-state index in [1.807, 2.05) is 7.05 Å². The summed E-state index contributed by atoms with van der Waals surface area (Å²) in [5.74, 6) is 0. The average Bonchev–Trinajstić information content (AvgIpc) is 2.72. The van der Waals surface area contributed by atoms with E-state index in [1.165, 1.54) is 35.1 Å². The molecule has 2 nitrogen and oxygen atoms in total. The third-order valence-corrected chi connectivity index (χ3v) is 4.32. The van der Waals surface area contributed by atoms with Gasteiger partial charge in [-0.3, -0.25) is 4.90 Å². The van der Waals surface area contributed by atoms with Gasteiger partial charge in [0.25, 0.3) is 0 Å². The lowest BCUT2D eigenvalue weighted by Gasteiger charge is -2.20. The molecule has 0 saturated carbocycles. The van der Waals surface area contributed by atoms with Crippen molar-refractivity contribution in [2.45, 2.75) is 25.9 Å². The van der Waals surface area contributed by atoms with Crippen LogP contribution in [0.4, 0.5) is 0 Å². The van der Waals surface area contributed by atoms with Crippen LogP contribution in [0.1, 0.15) is 22.3 Å². The van der Waals surface area contributed by atoms with Gasteiger partial charge >= 0.3 is 0 Å². The van der Waals surface area contributed by atoms with E-state index in [2.05, 4.69) is 58.7 Å². The molecule has 1 aliphatic rings. The van der Waals surface area contributed by atoms with E-state index in [0.717, 1.165) is 26.2 Å². The maximum Gasteiger partial charge on any atom is 0.0233 e. The highest BCUT2D eigenvalue weighted by atomic mass is 15.1. The minimum absolute atomic E-state index is 0.944. The molecule has 2 heteroatoms. The van der Waals surface area contributed by atoms with Crippen molar-refractivity contribution in [3.8, 4) is 0 Å². The summed E-state index contributed by atoms with van der Waals surface area (Å²) in [4.78, 5) is 2.58. The van der Waals surface area contributed by atoms with Crippen LogP contribution in [0.15, 0.2) is 48.5 Å². The van der Waals surface area contributed by atoms with Crippen molar-refractivity contribution in [3.05, 3.63) is 70.8 Å². The molecule has 0 saturated heterocycles. The number of rotatable bonds is 4. The zero-order chi connectivity index (χ0) is 14.5. The molecule has 3 rings (SSSR count). The van der Waals surface area contributed by atoms with E-state index >= 15 is 0 Å². The van der Waals surface area contributed by atoms with Crippen LogP contribution in [0.3, 0.4) is 0 Å². The Morgan fingerprint density at radius 3 is 2.00 bits per heavy atom. The first-order valence-corrected chi connectivity index (χ1v) is 7.87. The molecule has 110 valence electrons. The molecule has 0 unspecified atom stereocenters. The molecule has 2 aromatic carbocycles. The van der Waals surface area contributed by atoms with Crippen LogP contribution in [0.2, 0.25) is 0 Å². The van der Waals surface area contributed by atoms with Crippen LogP contribution >= 0.6 is 0 Å². The van der Waals surface area contributed by atoms with Gasteiger partial charge in [0.2, 0.25) is 0 Å². The standard InChI is InChI=1S/C19H24N2/c1-20-14-16-6-8-17(9-7-16)15-21-12-10-18-4-2-3-5-19(18)11-13-21/h2-9,20H,10-15H2,1H3. The molecule has 0 aliphatic carbocycles. The highest BCUT2D eigenvalue weighted by Crippen LogP contribution is 2.17. The van der Waals surface area contributed by atoms with Gasteiger partial charge in [-0.15, -0.1) is 0 Å².